The van der Waals surface area contributed by atoms with E-state index in [2.05, 4.69) is 5.10 Å². The lowest BCUT2D eigenvalue weighted by atomic mass is 10.7. The van der Waals surface area contributed by atoms with Crippen LogP contribution in [-0.2, 0) is 6.54 Å². The zero-order valence-corrected chi connectivity index (χ0v) is 8.62. The van der Waals surface area contributed by atoms with Crippen LogP contribution in [0, 0.1) is 0 Å². The monoisotopic (exact) mass is 199 g/mol. The molecular weight excluding hydrogens is 186 g/mol. The molecule has 0 saturated carbocycles. The fraction of sp³-hybridized carbons (Fsp3) is 0.500. The van der Waals surface area contributed by atoms with E-state index >= 15 is 0 Å². The highest BCUT2D eigenvalue weighted by Crippen LogP contribution is 1.92. The minimum Gasteiger partial charge on any atom is -0.280 e. The first kappa shape index (κ1) is 10.1. The predicted molar refractivity (Wildman–Crippen MR) is 55.9 cm³/mol. The zero-order chi connectivity index (χ0) is 9.68. The van der Waals surface area contributed by atoms with Crippen molar-refractivity contribution >= 4 is 18.0 Å². The molecule has 0 bridgehead atoms. The fourth-order valence-corrected chi connectivity index (χ4v) is 1.31. The van der Waals surface area contributed by atoms with Gasteiger partial charge in [0.2, 0.25) is 0 Å². The Bertz CT molecular complexity index is 339. The molecule has 4 nitrogen and oxygen atoms in total. The van der Waals surface area contributed by atoms with E-state index in [9.17, 15) is 4.79 Å². The topological polar surface area (TPSA) is 39.8 Å². The molecule has 0 N–H and O–H groups in total. The molecule has 0 aliphatic heterocycles. The molecule has 0 fully saturated rings. The lowest BCUT2D eigenvalue weighted by molar-refractivity contribution is 0.726. The van der Waals surface area contributed by atoms with Crippen LogP contribution >= 0.6 is 11.8 Å². The van der Waals surface area contributed by atoms with Gasteiger partial charge in [-0.05, 0) is 13.2 Å². The number of hydrogen-bond donors (Lipinski definition) is 0. The van der Waals surface area contributed by atoms with E-state index in [1.807, 2.05) is 13.2 Å². The average Bonchev–Trinajstić information content (AvgIpc) is 2.46. The first-order chi connectivity index (χ1) is 6.29. The number of aromatic nitrogens is 3. The predicted octanol–water partition coefficient (Wildman–Crippen LogP) is 0.898. The van der Waals surface area contributed by atoms with Crippen molar-refractivity contribution in [3.63, 3.8) is 0 Å². The summed E-state index contributed by atoms with van der Waals surface area (Å²) in [5, 5.41) is 3.93. The Labute approximate surface area is 81.3 Å². The van der Waals surface area contributed by atoms with Crippen molar-refractivity contribution in [3.05, 3.63) is 22.9 Å². The van der Waals surface area contributed by atoms with Crippen LogP contribution < -0.4 is 5.69 Å². The summed E-state index contributed by atoms with van der Waals surface area (Å²) in [4.78, 5) is 11.5. The summed E-state index contributed by atoms with van der Waals surface area (Å²) in [5.74, 6) is 0.932. The zero-order valence-electron chi connectivity index (χ0n) is 7.80. The van der Waals surface area contributed by atoms with Gasteiger partial charge in [-0.3, -0.25) is 4.57 Å². The number of thioether (sulfide) groups is 1. The molecule has 1 aromatic heterocycles. The van der Waals surface area contributed by atoms with Gasteiger partial charge in [0.25, 0.3) is 0 Å². The molecule has 0 aromatic carbocycles. The van der Waals surface area contributed by atoms with Crippen molar-refractivity contribution in [1.82, 2.24) is 14.3 Å². The van der Waals surface area contributed by atoms with Gasteiger partial charge in [-0.2, -0.15) is 21.5 Å². The van der Waals surface area contributed by atoms with Crippen LogP contribution in [-0.4, -0.2) is 26.4 Å². The lowest BCUT2D eigenvalue weighted by Crippen LogP contribution is -2.22. The number of rotatable bonds is 4. The molecule has 0 radical (unpaired) electrons. The van der Waals surface area contributed by atoms with Gasteiger partial charge in [0.05, 0.1) is 0 Å². The first-order valence-electron chi connectivity index (χ1n) is 4.05. The van der Waals surface area contributed by atoms with Crippen molar-refractivity contribution in [2.75, 3.05) is 12.0 Å². The van der Waals surface area contributed by atoms with Crippen molar-refractivity contribution in [1.29, 1.82) is 0 Å². The second-order valence-corrected chi connectivity index (χ2v) is 3.51. The Morgan fingerprint density at radius 1 is 1.69 bits per heavy atom. The van der Waals surface area contributed by atoms with Gasteiger partial charge in [0.1, 0.15) is 6.33 Å². The Morgan fingerprint density at radius 3 is 3.08 bits per heavy atom. The highest BCUT2D eigenvalue weighted by molar-refractivity contribution is 7.98. The first-order valence-corrected chi connectivity index (χ1v) is 5.44. The fourth-order valence-electron chi connectivity index (χ4n) is 0.935. The van der Waals surface area contributed by atoms with Gasteiger partial charge in [0, 0.05) is 18.5 Å². The third-order valence-corrected chi connectivity index (χ3v) is 2.17. The largest absolute Gasteiger partial charge is 0.349 e. The van der Waals surface area contributed by atoms with Crippen molar-refractivity contribution in [3.8, 4) is 0 Å². The van der Waals surface area contributed by atoms with Gasteiger partial charge in [-0.15, -0.1) is 0 Å². The summed E-state index contributed by atoms with van der Waals surface area (Å²) in [6.07, 6.45) is 7.02. The lowest BCUT2D eigenvalue weighted by Gasteiger charge is -1.95. The standard InChI is InChI=1S/C8H13N3OS/c1-3-4-11-8(12)10(7-9-11)5-6-13-2/h3-4,7H,5-6H2,1-2H3/b4-3+. The van der Waals surface area contributed by atoms with Crippen molar-refractivity contribution in [2.45, 2.75) is 13.5 Å². The molecule has 5 heteroatoms. The van der Waals surface area contributed by atoms with E-state index in [-0.39, 0.29) is 5.69 Å². The van der Waals surface area contributed by atoms with Crippen LogP contribution in [0.1, 0.15) is 6.92 Å². The smallest absolute Gasteiger partial charge is 0.280 e. The second-order valence-electron chi connectivity index (χ2n) is 2.53. The molecule has 1 rings (SSSR count). The van der Waals surface area contributed by atoms with E-state index in [4.69, 9.17) is 0 Å². The van der Waals surface area contributed by atoms with Crippen LogP contribution in [0.5, 0.6) is 0 Å². The molecule has 0 unspecified atom stereocenters. The highest BCUT2D eigenvalue weighted by Gasteiger charge is 2.00. The van der Waals surface area contributed by atoms with Gasteiger partial charge >= 0.3 is 5.69 Å². The third kappa shape index (κ3) is 2.48. The molecule has 13 heavy (non-hydrogen) atoms. The quantitative estimate of drug-likeness (QED) is 0.723. The molecule has 0 spiro atoms. The van der Waals surface area contributed by atoms with E-state index in [0.717, 1.165) is 12.3 Å². The summed E-state index contributed by atoms with van der Waals surface area (Å²) in [6.45, 7) is 2.57. The average molecular weight is 199 g/mol. The Morgan fingerprint density at radius 2 is 2.46 bits per heavy atom. The SMILES string of the molecule is C/C=C/n1ncn(CCSC)c1=O. The second kappa shape index (κ2) is 4.91. The number of hydrogen-bond acceptors (Lipinski definition) is 3. The van der Waals surface area contributed by atoms with Gasteiger partial charge in [-0.25, -0.2) is 4.79 Å². The van der Waals surface area contributed by atoms with Crippen LogP contribution in [0.25, 0.3) is 6.20 Å². The van der Waals surface area contributed by atoms with Crippen molar-refractivity contribution in [2.24, 2.45) is 0 Å². The molecule has 0 aliphatic rings. The van der Waals surface area contributed by atoms with Gasteiger partial charge in [0.15, 0.2) is 0 Å². The number of nitrogens with zero attached hydrogens (tertiary/aromatic N) is 3. The maximum atomic E-state index is 11.5. The summed E-state index contributed by atoms with van der Waals surface area (Å²) in [6, 6.07) is 0. The molecule has 0 saturated heterocycles. The maximum absolute atomic E-state index is 11.5. The van der Waals surface area contributed by atoms with Crippen LogP contribution in [0.4, 0.5) is 0 Å². The van der Waals surface area contributed by atoms with Crippen LogP contribution in [0.2, 0.25) is 0 Å². The number of aryl methyl sites for hydroxylation is 1. The summed E-state index contributed by atoms with van der Waals surface area (Å²) >= 11 is 1.71. The highest BCUT2D eigenvalue weighted by atomic mass is 32.2. The molecule has 1 heterocycles. The number of allylic oxidation sites excluding steroid dienone is 1. The van der Waals surface area contributed by atoms with Gasteiger partial charge in [-0.1, -0.05) is 6.08 Å². The van der Waals surface area contributed by atoms with E-state index in [0.29, 0.717) is 0 Å². The summed E-state index contributed by atoms with van der Waals surface area (Å²) in [7, 11) is 0. The molecule has 72 valence electrons. The van der Waals surface area contributed by atoms with Gasteiger partial charge < -0.3 is 0 Å². The normalized spacial score (nSPS) is 11.2. The van der Waals surface area contributed by atoms with Crippen LogP contribution in [0.15, 0.2) is 17.2 Å². The molecule has 0 amide bonds. The Kier molecular flexibility index (Phi) is 3.82. The minimum atomic E-state index is -0.0767. The van der Waals surface area contributed by atoms with E-state index < -0.39 is 0 Å². The van der Waals surface area contributed by atoms with Crippen LogP contribution in [0.3, 0.4) is 0 Å². The third-order valence-electron chi connectivity index (χ3n) is 1.58. The minimum absolute atomic E-state index is 0.0767. The Hall–Kier alpha value is -0.970. The van der Waals surface area contributed by atoms with E-state index in [1.54, 1.807) is 34.9 Å². The molecule has 0 atom stereocenters. The molecule has 1 aromatic rings. The molecule has 0 aliphatic carbocycles. The maximum Gasteiger partial charge on any atom is 0.349 e. The van der Waals surface area contributed by atoms with Crippen molar-refractivity contribution < 1.29 is 0 Å². The molecular formula is C8H13N3OS. The Balaban J connectivity index is 2.80. The summed E-state index contributed by atoms with van der Waals surface area (Å²) in [5.41, 5.74) is -0.0767. The summed E-state index contributed by atoms with van der Waals surface area (Å²) < 4.78 is 2.94. The van der Waals surface area contributed by atoms with E-state index in [1.165, 1.54) is 4.68 Å².